The minimum Gasteiger partial charge on any atom is -0.352 e. The average molecular weight is 609 g/mol. The molecule has 0 aliphatic carbocycles. The highest BCUT2D eigenvalue weighted by Crippen LogP contribution is 2.25. The Balaban J connectivity index is 2.08. The van der Waals surface area contributed by atoms with E-state index in [-0.39, 0.29) is 30.6 Å². The van der Waals surface area contributed by atoms with Crippen LogP contribution in [0.5, 0.6) is 0 Å². The highest BCUT2D eigenvalue weighted by molar-refractivity contribution is 7.92. The first-order chi connectivity index (χ1) is 18.9. The molecule has 11 heteroatoms. The number of anilines is 1. The molecule has 0 spiro atoms. The van der Waals surface area contributed by atoms with Crippen molar-refractivity contribution in [3.05, 3.63) is 99.8 Å². The van der Waals surface area contributed by atoms with Crippen molar-refractivity contribution >= 4 is 50.7 Å². The molecule has 0 radical (unpaired) electrons. The van der Waals surface area contributed by atoms with E-state index in [2.05, 4.69) is 5.32 Å². The largest absolute Gasteiger partial charge is 0.352 e. The van der Waals surface area contributed by atoms with Crippen molar-refractivity contribution in [3.8, 4) is 0 Å². The predicted molar refractivity (Wildman–Crippen MR) is 157 cm³/mol. The molecule has 0 aliphatic rings. The average Bonchev–Trinajstić information content (AvgIpc) is 2.90. The van der Waals surface area contributed by atoms with Gasteiger partial charge in [0.05, 0.1) is 11.9 Å². The minimum atomic E-state index is -3.95. The summed E-state index contributed by atoms with van der Waals surface area (Å²) >= 11 is 12.5. The summed E-state index contributed by atoms with van der Waals surface area (Å²) in [6.07, 6.45) is 1.81. The highest BCUT2D eigenvalue weighted by Gasteiger charge is 2.33. The lowest BCUT2D eigenvalue weighted by Crippen LogP contribution is -2.54. The summed E-state index contributed by atoms with van der Waals surface area (Å²) < 4.78 is 40.0. The number of halogens is 3. The number of hydrogen-bond acceptors (Lipinski definition) is 4. The van der Waals surface area contributed by atoms with Crippen LogP contribution in [0.1, 0.15) is 31.4 Å². The van der Waals surface area contributed by atoms with E-state index in [0.29, 0.717) is 22.0 Å². The van der Waals surface area contributed by atoms with Crippen molar-refractivity contribution in [1.82, 2.24) is 10.2 Å². The number of sulfonamides is 1. The second-order valence-corrected chi connectivity index (χ2v) is 12.3. The zero-order valence-electron chi connectivity index (χ0n) is 22.5. The third-order valence-corrected chi connectivity index (χ3v) is 8.15. The number of rotatable bonds is 12. The monoisotopic (exact) mass is 607 g/mol. The summed E-state index contributed by atoms with van der Waals surface area (Å²) in [6, 6.07) is 17.7. The Labute approximate surface area is 244 Å². The summed E-state index contributed by atoms with van der Waals surface area (Å²) in [6.45, 7) is 3.10. The van der Waals surface area contributed by atoms with Crippen LogP contribution < -0.4 is 9.62 Å². The first-order valence-electron chi connectivity index (χ1n) is 12.7. The van der Waals surface area contributed by atoms with Crippen molar-refractivity contribution in [2.75, 3.05) is 17.1 Å². The van der Waals surface area contributed by atoms with Gasteiger partial charge in [-0.2, -0.15) is 0 Å². The molecule has 0 fully saturated rings. The van der Waals surface area contributed by atoms with E-state index in [1.54, 1.807) is 12.1 Å². The summed E-state index contributed by atoms with van der Waals surface area (Å²) in [5.74, 6) is -1.57. The molecule has 1 N–H and O–H groups in total. The van der Waals surface area contributed by atoms with Crippen LogP contribution in [0.3, 0.4) is 0 Å². The lowest BCUT2D eigenvalue weighted by atomic mass is 10.0. The molecule has 0 saturated carbocycles. The van der Waals surface area contributed by atoms with Gasteiger partial charge in [0.25, 0.3) is 0 Å². The quantitative estimate of drug-likeness (QED) is 0.296. The normalized spacial score (nSPS) is 12.8. The van der Waals surface area contributed by atoms with E-state index in [9.17, 15) is 22.4 Å². The fourth-order valence-electron chi connectivity index (χ4n) is 4.05. The summed E-state index contributed by atoms with van der Waals surface area (Å²) in [5.41, 5.74) is 1.46. The van der Waals surface area contributed by atoms with E-state index in [0.717, 1.165) is 28.3 Å². The molecule has 2 atom stereocenters. The topological polar surface area (TPSA) is 86.8 Å². The maximum atomic E-state index is 14.0. The lowest BCUT2D eigenvalue weighted by molar-refractivity contribution is -0.140. The molecule has 7 nitrogen and oxygen atoms in total. The van der Waals surface area contributed by atoms with Crippen LogP contribution in [0.4, 0.5) is 10.1 Å². The highest BCUT2D eigenvalue weighted by atomic mass is 35.5. The molecule has 214 valence electrons. The second-order valence-electron chi connectivity index (χ2n) is 9.53. The smallest absolute Gasteiger partial charge is 0.244 e. The van der Waals surface area contributed by atoms with Gasteiger partial charge in [0.1, 0.15) is 18.4 Å². The molecule has 0 aliphatic heterocycles. The third-order valence-electron chi connectivity index (χ3n) is 6.42. The number of amides is 2. The second kappa shape index (κ2) is 14.0. The van der Waals surface area contributed by atoms with Gasteiger partial charge in [-0.25, -0.2) is 12.8 Å². The van der Waals surface area contributed by atoms with Gasteiger partial charge in [-0.3, -0.25) is 13.9 Å². The maximum absolute atomic E-state index is 14.0. The fourth-order valence-corrected chi connectivity index (χ4v) is 5.37. The number of nitrogens with zero attached hydrogens (tertiary/aromatic N) is 2. The number of benzene rings is 3. The molecule has 3 rings (SSSR count). The maximum Gasteiger partial charge on any atom is 0.244 e. The van der Waals surface area contributed by atoms with Crippen LogP contribution in [0.15, 0.2) is 72.8 Å². The Morgan fingerprint density at radius 2 is 1.65 bits per heavy atom. The molecule has 0 aromatic heterocycles. The van der Waals surface area contributed by atoms with Crippen molar-refractivity contribution in [2.45, 2.75) is 45.3 Å². The van der Waals surface area contributed by atoms with Gasteiger partial charge in [0.2, 0.25) is 21.8 Å². The Morgan fingerprint density at radius 3 is 2.23 bits per heavy atom. The molecule has 3 aromatic carbocycles. The van der Waals surface area contributed by atoms with Gasteiger partial charge in [0.15, 0.2) is 0 Å². The summed E-state index contributed by atoms with van der Waals surface area (Å²) in [4.78, 5) is 29.0. The van der Waals surface area contributed by atoms with Crippen LogP contribution in [-0.4, -0.2) is 50.0 Å². The van der Waals surface area contributed by atoms with Crippen molar-refractivity contribution in [3.63, 3.8) is 0 Å². The Hall–Kier alpha value is -3.14. The molecule has 2 amide bonds. The Kier molecular flexibility index (Phi) is 11.0. The summed E-state index contributed by atoms with van der Waals surface area (Å²) in [5, 5.41) is 3.66. The first-order valence-corrected chi connectivity index (χ1v) is 15.3. The lowest BCUT2D eigenvalue weighted by Gasteiger charge is -2.34. The summed E-state index contributed by atoms with van der Waals surface area (Å²) in [7, 11) is -3.95. The molecule has 40 heavy (non-hydrogen) atoms. The van der Waals surface area contributed by atoms with Crippen LogP contribution >= 0.6 is 23.2 Å². The minimum absolute atomic E-state index is 0.0821. The molecule has 0 bridgehead atoms. The molecular weight excluding hydrogens is 576 g/mol. The van der Waals surface area contributed by atoms with Crippen LogP contribution in [-0.2, 0) is 32.6 Å². The molecular formula is C29H32Cl2FN3O4S. The third kappa shape index (κ3) is 8.68. The van der Waals surface area contributed by atoms with Crippen molar-refractivity contribution in [1.29, 1.82) is 0 Å². The number of carbonyl (C=O) groups is 2. The number of carbonyl (C=O) groups excluding carboxylic acids is 2. The van der Waals surface area contributed by atoms with Gasteiger partial charge in [-0.15, -0.1) is 0 Å². The van der Waals surface area contributed by atoms with E-state index in [4.69, 9.17) is 23.2 Å². The van der Waals surface area contributed by atoms with Gasteiger partial charge >= 0.3 is 0 Å². The standard InChI is InChI=1S/C29H32Cl2FN3O4S/c1-4-20(2)33-29(37)27(16-21-8-6-5-7-9-21)34(18-22-10-11-23(30)17-26(22)31)28(36)19-35(40(3,38)39)25-14-12-24(32)13-15-25/h5-15,17,20,27H,4,16,18-19H2,1-3H3,(H,33,37). The van der Waals surface area contributed by atoms with E-state index >= 15 is 0 Å². The van der Waals surface area contributed by atoms with E-state index in [1.165, 1.54) is 23.1 Å². The van der Waals surface area contributed by atoms with Crippen LogP contribution in [0.2, 0.25) is 10.0 Å². The van der Waals surface area contributed by atoms with E-state index < -0.39 is 34.3 Å². The van der Waals surface area contributed by atoms with Crippen LogP contribution in [0.25, 0.3) is 0 Å². The zero-order valence-corrected chi connectivity index (χ0v) is 24.8. The Morgan fingerprint density at radius 1 is 1.00 bits per heavy atom. The van der Waals surface area contributed by atoms with Crippen LogP contribution in [0, 0.1) is 5.82 Å². The first kappa shape index (κ1) is 31.4. The van der Waals surface area contributed by atoms with Crippen molar-refractivity contribution in [2.24, 2.45) is 0 Å². The van der Waals surface area contributed by atoms with Gasteiger partial charge in [-0.05, 0) is 60.9 Å². The van der Waals surface area contributed by atoms with Gasteiger partial charge in [0, 0.05) is 29.1 Å². The Bertz CT molecular complexity index is 1420. The van der Waals surface area contributed by atoms with Gasteiger partial charge in [-0.1, -0.05) is 66.5 Å². The molecule has 3 aromatic rings. The van der Waals surface area contributed by atoms with Crippen molar-refractivity contribution < 1.29 is 22.4 Å². The van der Waals surface area contributed by atoms with Gasteiger partial charge < -0.3 is 10.2 Å². The molecule has 2 unspecified atom stereocenters. The fraction of sp³-hybridized carbons (Fsp3) is 0.310. The zero-order chi connectivity index (χ0) is 29.4. The molecule has 0 heterocycles. The predicted octanol–water partition coefficient (Wildman–Crippen LogP) is 5.45. The number of hydrogen-bond donors (Lipinski definition) is 1. The number of nitrogens with one attached hydrogen (secondary N) is 1. The van der Waals surface area contributed by atoms with E-state index in [1.807, 2.05) is 44.2 Å². The molecule has 0 saturated heterocycles. The SMILES string of the molecule is CCC(C)NC(=O)C(Cc1ccccc1)N(Cc1ccc(Cl)cc1Cl)C(=O)CN(c1ccc(F)cc1)S(C)(=O)=O.